The molecule has 0 fully saturated rings. The Labute approximate surface area is 126 Å². The molecule has 104 valence electrons. The van der Waals surface area contributed by atoms with Gasteiger partial charge in [-0.2, -0.15) is 5.10 Å². The third-order valence-electron chi connectivity index (χ3n) is 3.20. The minimum atomic E-state index is -0.148. The maximum absolute atomic E-state index is 11.6. The molecule has 0 bridgehead atoms. The van der Waals surface area contributed by atoms with E-state index >= 15 is 0 Å². The van der Waals surface area contributed by atoms with Crippen molar-refractivity contribution in [1.29, 1.82) is 0 Å². The van der Waals surface area contributed by atoms with Crippen LogP contribution >= 0.6 is 11.6 Å². The van der Waals surface area contributed by atoms with Crippen LogP contribution in [0.1, 0.15) is 10.5 Å². The minimum absolute atomic E-state index is 0.148. The minimum Gasteiger partial charge on any atom is -0.358 e. The van der Waals surface area contributed by atoms with Gasteiger partial charge in [0, 0.05) is 22.3 Å². The Hall–Kier alpha value is -2.59. The van der Waals surface area contributed by atoms with Gasteiger partial charge in [-0.15, -0.1) is 0 Å². The van der Waals surface area contributed by atoms with Crippen LogP contribution in [0.4, 0.5) is 0 Å². The molecule has 0 aliphatic carbocycles. The molecule has 5 heteroatoms. The molecule has 2 aromatic heterocycles. The van der Waals surface area contributed by atoms with Gasteiger partial charge in [-0.1, -0.05) is 30.3 Å². The number of carbonyl (C=O) groups is 1. The zero-order chi connectivity index (χ0) is 14.8. The van der Waals surface area contributed by atoms with Crippen molar-refractivity contribution in [2.75, 3.05) is 0 Å². The number of aromatic nitrogens is 3. The number of ketones is 1. The zero-order valence-corrected chi connectivity index (χ0v) is 11.8. The molecule has 0 aliphatic heterocycles. The van der Waals surface area contributed by atoms with Gasteiger partial charge in [-0.25, -0.2) is 0 Å². The second-order valence-electron chi connectivity index (χ2n) is 4.54. The summed E-state index contributed by atoms with van der Waals surface area (Å²) in [6.07, 6.45) is 4.78. The Kier molecular flexibility index (Phi) is 3.46. The maximum atomic E-state index is 11.6. The third-order valence-corrected chi connectivity index (χ3v) is 3.43. The molecule has 4 nitrogen and oxygen atoms in total. The molecule has 0 saturated carbocycles. The van der Waals surface area contributed by atoms with Crippen molar-refractivity contribution in [2.24, 2.45) is 0 Å². The molecule has 2 N–H and O–H groups in total. The first kappa shape index (κ1) is 13.4. The van der Waals surface area contributed by atoms with Crippen LogP contribution in [-0.2, 0) is 0 Å². The molecule has 3 aromatic rings. The molecule has 3 rings (SSSR count). The Morgan fingerprint density at radius 2 is 2.14 bits per heavy atom. The van der Waals surface area contributed by atoms with E-state index in [4.69, 9.17) is 11.6 Å². The monoisotopic (exact) mass is 297 g/mol. The van der Waals surface area contributed by atoms with E-state index in [1.54, 1.807) is 18.5 Å². The summed E-state index contributed by atoms with van der Waals surface area (Å²) in [6.45, 7) is 3.48. The van der Waals surface area contributed by atoms with Crippen LogP contribution in [0, 0.1) is 0 Å². The van der Waals surface area contributed by atoms with E-state index < -0.39 is 0 Å². The van der Waals surface area contributed by atoms with E-state index in [-0.39, 0.29) is 5.78 Å². The van der Waals surface area contributed by atoms with Crippen LogP contribution in [0.15, 0.2) is 55.4 Å². The Bertz CT molecular complexity index is 816. The summed E-state index contributed by atoms with van der Waals surface area (Å²) in [5, 5.41) is 7.72. The summed E-state index contributed by atoms with van der Waals surface area (Å²) >= 11 is 6.03. The largest absolute Gasteiger partial charge is 0.358 e. The van der Waals surface area contributed by atoms with Crippen molar-refractivity contribution in [2.45, 2.75) is 0 Å². The number of carbonyl (C=O) groups excluding carboxylic acids is 1. The van der Waals surface area contributed by atoms with E-state index in [0.717, 1.165) is 22.4 Å². The smallest absolute Gasteiger partial charge is 0.201 e. The Morgan fingerprint density at radius 3 is 2.90 bits per heavy atom. The predicted octanol–water partition coefficient (Wildman–Crippen LogP) is 4.09. The number of halogens is 1. The highest BCUT2D eigenvalue weighted by atomic mass is 35.5. The summed E-state index contributed by atoms with van der Waals surface area (Å²) in [5.74, 6) is -0.148. The van der Waals surface area contributed by atoms with Crippen molar-refractivity contribution < 1.29 is 4.79 Å². The average Bonchev–Trinajstić information content (AvgIpc) is 3.15. The lowest BCUT2D eigenvalue weighted by Gasteiger charge is -2.02. The van der Waals surface area contributed by atoms with Gasteiger partial charge in [0.2, 0.25) is 5.78 Å². The van der Waals surface area contributed by atoms with Gasteiger partial charge < -0.3 is 4.98 Å². The van der Waals surface area contributed by atoms with Gasteiger partial charge >= 0.3 is 0 Å². The molecular formula is C16H12ClN3O. The quantitative estimate of drug-likeness (QED) is 0.563. The molecule has 1 aromatic carbocycles. The fourth-order valence-corrected chi connectivity index (χ4v) is 2.36. The first-order chi connectivity index (χ1) is 10.2. The fraction of sp³-hybridized carbons (Fsp3) is 0. The number of H-pyrrole nitrogens is 2. The number of aromatic amines is 2. The van der Waals surface area contributed by atoms with Crippen LogP contribution in [0.5, 0.6) is 0 Å². The Balaban J connectivity index is 2.05. The SMILES string of the molecule is C=CC(=O)c1cc(-c2[nH]ncc2-c2cccc(Cl)c2)c[nH]1. The molecule has 0 unspecified atom stereocenters. The first-order valence-corrected chi connectivity index (χ1v) is 6.71. The number of hydrogen-bond acceptors (Lipinski definition) is 2. The van der Waals surface area contributed by atoms with Crippen LogP contribution in [-0.4, -0.2) is 21.0 Å². The van der Waals surface area contributed by atoms with E-state index in [1.165, 1.54) is 6.08 Å². The van der Waals surface area contributed by atoms with Crippen LogP contribution in [0.25, 0.3) is 22.4 Å². The lowest BCUT2D eigenvalue weighted by atomic mass is 10.0. The van der Waals surface area contributed by atoms with Crippen molar-refractivity contribution in [3.05, 3.63) is 66.1 Å². The molecule has 21 heavy (non-hydrogen) atoms. The number of nitrogens with one attached hydrogen (secondary N) is 2. The van der Waals surface area contributed by atoms with Crippen molar-refractivity contribution >= 4 is 17.4 Å². The van der Waals surface area contributed by atoms with E-state index in [2.05, 4.69) is 21.8 Å². The van der Waals surface area contributed by atoms with Gasteiger partial charge in [-0.05, 0) is 29.8 Å². The molecule has 0 spiro atoms. The number of rotatable bonds is 4. The van der Waals surface area contributed by atoms with Gasteiger partial charge in [0.1, 0.15) is 0 Å². The summed E-state index contributed by atoms with van der Waals surface area (Å²) in [6, 6.07) is 9.31. The molecule has 0 saturated heterocycles. The van der Waals surface area contributed by atoms with Crippen molar-refractivity contribution in [1.82, 2.24) is 15.2 Å². The third kappa shape index (κ3) is 2.53. The van der Waals surface area contributed by atoms with E-state index in [0.29, 0.717) is 10.7 Å². The molecule has 0 aliphatic rings. The molecule has 0 radical (unpaired) electrons. The fourth-order valence-electron chi connectivity index (χ4n) is 2.17. The van der Waals surface area contributed by atoms with Crippen molar-refractivity contribution in [3.63, 3.8) is 0 Å². The lowest BCUT2D eigenvalue weighted by molar-refractivity contribution is 0.104. The zero-order valence-electron chi connectivity index (χ0n) is 11.1. The van der Waals surface area contributed by atoms with Gasteiger partial charge in [0.25, 0.3) is 0 Å². The van der Waals surface area contributed by atoms with Crippen molar-refractivity contribution in [3.8, 4) is 22.4 Å². The molecule has 0 atom stereocenters. The summed E-state index contributed by atoms with van der Waals surface area (Å²) in [4.78, 5) is 14.5. The second kappa shape index (κ2) is 5.42. The highest BCUT2D eigenvalue weighted by Gasteiger charge is 2.13. The molecule has 2 heterocycles. The maximum Gasteiger partial charge on any atom is 0.201 e. The molecule has 0 amide bonds. The molecular weight excluding hydrogens is 286 g/mol. The number of allylic oxidation sites excluding steroid dienone is 1. The normalized spacial score (nSPS) is 10.5. The second-order valence-corrected chi connectivity index (χ2v) is 4.98. The Morgan fingerprint density at radius 1 is 1.29 bits per heavy atom. The number of nitrogens with zero attached hydrogens (tertiary/aromatic N) is 1. The average molecular weight is 298 g/mol. The van der Waals surface area contributed by atoms with Crippen LogP contribution < -0.4 is 0 Å². The van der Waals surface area contributed by atoms with Gasteiger partial charge in [0.05, 0.1) is 17.6 Å². The highest BCUT2D eigenvalue weighted by Crippen LogP contribution is 2.31. The lowest BCUT2D eigenvalue weighted by Crippen LogP contribution is -1.92. The topological polar surface area (TPSA) is 61.5 Å². The first-order valence-electron chi connectivity index (χ1n) is 6.34. The van der Waals surface area contributed by atoms with Gasteiger partial charge in [0.15, 0.2) is 0 Å². The standard InChI is InChI=1S/C16H12ClN3O/c1-2-15(21)14-7-11(8-18-14)16-13(9-19-20-16)10-4-3-5-12(17)6-10/h2-9,18H,1H2,(H,19,20). The number of benzene rings is 1. The number of hydrogen-bond donors (Lipinski definition) is 2. The summed E-state index contributed by atoms with van der Waals surface area (Å²) in [5.41, 5.74) is 4.06. The van der Waals surface area contributed by atoms with Gasteiger partial charge in [-0.3, -0.25) is 9.89 Å². The summed E-state index contributed by atoms with van der Waals surface area (Å²) in [7, 11) is 0. The van der Waals surface area contributed by atoms with E-state index in [9.17, 15) is 4.79 Å². The summed E-state index contributed by atoms with van der Waals surface area (Å²) < 4.78 is 0. The van der Waals surface area contributed by atoms with E-state index in [1.807, 2.05) is 24.3 Å². The highest BCUT2D eigenvalue weighted by molar-refractivity contribution is 6.30. The predicted molar refractivity (Wildman–Crippen MR) is 83.3 cm³/mol. The van der Waals surface area contributed by atoms with Crippen LogP contribution in [0.3, 0.4) is 0 Å². The van der Waals surface area contributed by atoms with Crippen LogP contribution in [0.2, 0.25) is 5.02 Å².